The van der Waals surface area contributed by atoms with Crippen molar-refractivity contribution < 1.29 is 0 Å². The summed E-state index contributed by atoms with van der Waals surface area (Å²) in [4.78, 5) is 0. The van der Waals surface area contributed by atoms with E-state index in [0.717, 1.165) is 0 Å². The molecule has 0 spiro atoms. The van der Waals surface area contributed by atoms with Gasteiger partial charge in [-0.15, -0.1) is 0 Å². The van der Waals surface area contributed by atoms with Crippen LogP contribution in [0.25, 0.3) is 5.57 Å². The Kier molecular flexibility index (Phi) is 2.82. The summed E-state index contributed by atoms with van der Waals surface area (Å²) in [6.07, 6.45) is 6.30. The largest absolute Gasteiger partial charge is 0.0987 e. The standard InChI is InChI=1S/C17H20/c1-6-8-13-14-10-9-12(3)11-16(14)17(4,5)15(13)7-2/h6-11H,2H2,1,3-5H3/b8-6-. The molecule has 1 aliphatic rings. The van der Waals surface area contributed by atoms with Gasteiger partial charge >= 0.3 is 0 Å². The van der Waals surface area contributed by atoms with Crippen molar-refractivity contribution in [3.8, 4) is 0 Å². The number of fused-ring (bicyclic) bond motifs is 1. The molecule has 0 aliphatic heterocycles. The predicted octanol–water partition coefficient (Wildman–Crippen LogP) is 4.80. The van der Waals surface area contributed by atoms with Crippen molar-refractivity contribution in [1.82, 2.24) is 0 Å². The summed E-state index contributed by atoms with van der Waals surface area (Å²) in [7, 11) is 0. The molecule has 0 bridgehead atoms. The van der Waals surface area contributed by atoms with Gasteiger partial charge in [0, 0.05) is 5.41 Å². The summed E-state index contributed by atoms with van der Waals surface area (Å²) in [5, 5.41) is 0. The van der Waals surface area contributed by atoms with Crippen LogP contribution in [-0.4, -0.2) is 0 Å². The van der Waals surface area contributed by atoms with Gasteiger partial charge in [-0.3, -0.25) is 0 Å². The van der Waals surface area contributed by atoms with E-state index < -0.39 is 0 Å². The highest BCUT2D eigenvalue weighted by Gasteiger charge is 2.34. The lowest BCUT2D eigenvalue weighted by Gasteiger charge is -2.22. The number of rotatable bonds is 2. The molecule has 0 radical (unpaired) electrons. The van der Waals surface area contributed by atoms with E-state index in [1.165, 1.54) is 27.8 Å². The second-order valence-corrected chi connectivity index (χ2v) is 5.21. The Labute approximate surface area is 104 Å². The van der Waals surface area contributed by atoms with Gasteiger partial charge in [0.1, 0.15) is 0 Å². The van der Waals surface area contributed by atoms with Crippen molar-refractivity contribution >= 4 is 5.57 Å². The number of hydrogen-bond acceptors (Lipinski definition) is 0. The molecule has 0 atom stereocenters. The zero-order valence-electron chi connectivity index (χ0n) is 11.2. The molecule has 0 heterocycles. The normalized spacial score (nSPS) is 17.6. The number of allylic oxidation sites excluding steroid dienone is 5. The molecule has 0 saturated carbocycles. The Morgan fingerprint density at radius 2 is 1.94 bits per heavy atom. The average molecular weight is 224 g/mol. The smallest absolute Gasteiger partial charge is 0.0158 e. The molecule has 0 amide bonds. The highest BCUT2D eigenvalue weighted by atomic mass is 14.4. The molecule has 0 aromatic heterocycles. The molecule has 0 heteroatoms. The van der Waals surface area contributed by atoms with Crippen molar-refractivity contribution in [2.24, 2.45) is 0 Å². The maximum Gasteiger partial charge on any atom is 0.0158 e. The maximum atomic E-state index is 3.98. The first-order valence-electron chi connectivity index (χ1n) is 6.13. The van der Waals surface area contributed by atoms with Crippen LogP contribution in [-0.2, 0) is 5.41 Å². The molecule has 0 unspecified atom stereocenters. The second kappa shape index (κ2) is 4.03. The van der Waals surface area contributed by atoms with E-state index in [0.29, 0.717) is 0 Å². The minimum absolute atomic E-state index is 0.0674. The minimum Gasteiger partial charge on any atom is -0.0987 e. The third-order valence-electron chi connectivity index (χ3n) is 3.64. The van der Waals surface area contributed by atoms with E-state index in [1.54, 1.807) is 0 Å². The van der Waals surface area contributed by atoms with Gasteiger partial charge < -0.3 is 0 Å². The summed E-state index contributed by atoms with van der Waals surface area (Å²) in [5.41, 5.74) is 6.81. The van der Waals surface area contributed by atoms with E-state index in [4.69, 9.17) is 0 Å². The van der Waals surface area contributed by atoms with Gasteiger partial charge in [0.2, 0.25) is 0 Å². The second-order valence-electron chi connectivity index (χ2n) is 5.21. The SMILES string of the molecule is C=CC1=C(/C=C\C)c2ccc(C)cc2C1(C)C. The lowest BCUT2D eigenvalue weighted by molar-refractivity contribution is 0.654. The first-order valence-corrected chi connectivity index (χ1v) is 6.13. The van der Waals surface area contributed by atoms with Crippen molar-refractivity contribution in [3.05, 3.63) is 65.3 Å². The molecule has 1 aromatic rings. The fourth-order valence-electron chi connectivity index (χ4n) is 2.75. The molecule has 1 aliphatic carbocycles. The van der Waals surface area contributed by atoms with Gasteiger partial charge in [0.25, 0.3) is 0 Å². The van der Waals surface area contributed by atoms with Crippen LogP contribution in [0.5, 0.6) is 0 Å². The van der Waals surface area contributed by atoms with Crippen molar-refractivity contribution in [2.75, 3.05) is 0 Å². The maximum absolute atomic E-state index is 3.98. The Bertz CT molecular complexity index is 525. The Balaban J connectivity index is 2.76. The lowest BCUT2D eigenvalue weighted by atomic mass is 9.81. The van der Waals surface area contributed by atoms with Crippen LogP contribution in [0.2, 0.25) is 0 Å². The van der Waals surface area contributed by atoms with Crippen LogP contribution in [0.15, 0.2) is 48.6 Å². The van der Waals surface area contributed by atoms with Crippen LogP contribution < -0.4 is 0 Å². The quantitative estimate of drug-likeness (QED) is 0.676. The van der Waals surface area contributed by atoms with E-state index in [-0.39, 0.29) is 5.41 Å². The molecular formula is C17H20. The summed E-state index contributed by atoms with van der Waals surface area (Å²) in [5.74, 6) is 0. The van der Waals surface area contributed by atoms with Gasteiger partial charge in [-0.25, -0.2) is 0 Å². The van der Waals surface area contributed by atoms with Crippen molar-refractivity contribution in [1.29, 1.82) is 0 Å². The highest BCUT2D eigenvalue weighted by Crippen LogP contribution is 2.47. The minimum atomic E-state index is 0.0674. The Morgan fingerprint density at radius 1 is 1.24 bits per heavy atom. The summed E-state index contributed by atoms with van der Waals surface area (Å²) >= 11 is 0. The summed E-state index contributed by atoms with van der Waals surface area (Å²) < 4.78 is 0. The van der Waals surface area contributed by atoms with Gasteiger partial charge in [-0.2, -0.15) is 0 Å². The molecule has 0 N–H and O–H groups in total. The molecule has 88 valence electrons. The molecular weight excluding hydrogens is 204 g/mol. The zero-order chi connectivity index (χ0) is 12.6. The first-order chi connectivity index (χ1) is 8.02. The van der Waals surface area contributed by atoms with Gasteiger partial charge in [-0.05, 0) is 36.1 Å². The van der Waals surface area contributed by atoms with Crippen LogP contribution in [0, 0.1) is 6.92 Å². The number of benzene rings is 1. The van der Waals surface area contributed by atoms with Crippen LogP contribution >= 0.6 is 0 Å². The van der Waals surface area contributed by atoms with Crippen LogP contribution in [0.1, 0.15) is 37.5 Å². The zero-order valence-corrected chi connectivity index (χ0v) is 11.2. The molecule has 0 fully saturated rings. The summed E-state index contributed by atoms with van der Waals surface area (Å²) in [6.45, 7) is 12.8. The fourth-order valence-corrected chi connectivity index (χ4v) is 2.75. The van der Waals surface area contributed by atoms with Gasteiger partial charge in [-0.1, -0.05) is 62.4 Å². The van der Waals surface area contributed by atoms with Crippen LogP contribution in [0.4, 0.5) is 0 Å². The fraction of sp³-hybridized carbons (Fsp3) is 0.294. The van der Waals surface area contributed by atoms with Crippen LogP contribution in [0.3, 0.4) is 0 Å². The van der Waals surface area contributed by atoms with Gasteiger partial charge in [0.05, 0.1) is 0 Å². The highest BCUT2D eigenvalue weighted by molar-refractivity contribution is 5.87. The third-order valence-corrected chi connectivity index (χ3v) is 3.64. The number of hydrogen-bond donors (Lipinski definition) is 0. The van der Waals surface area contributed by atoms with E-state index in [9.17, 15) is 0 Å². The first kappa shape index (κ1) is 11.9. The molecule has 17 heavy (non-hydrogen) atoms. The Hall–Kier alpha value is -1.56. The predicted molar refractivity (Wildman–Crippen MR) is 76.1 cm³/mol. The van der Waals surface area contributed by atoms with Crippen molar-refractivity contribution in [3.63, 3.8) is 0 Å². The monoisotopic (exact) mass is 224 g/mol. The van der Waals surface area contributed by atoms with Crippen molar-refractivity contribution in [2.45, 2.75) is 33.1 Å². The molecule has 0 saturated heterocycles. The topological polar surface area (TPSA) is 0 Å². The summed E-state index contributed by atoms with van der Waals surface area (Å²) in [6, 6.07) is 6.72. The molecule has 1 aromatic carbocycles. The van der Waals surface area contributed by atoms with Gasteiger partial charge in [0.15, 0.2) is 0 Å². The Morgan fingerprint density at radius 3 is 2.53 bits per heavy atom. The molecule has 2 rings (SSSR count). The molecule has 0 nitrogen and oxygen atoms in total. The van der Waals surface area contributed by atoms with E-state index in [2.05, 4.69) is 64.6 Å². The lowest BCUT2D eigenvalue weighted by Crippen LogP contribution is -2.16. The number of aryl methyl sites for hydroxylation is 1. The van der Waals surface area contributed by atoms with E-state index in [1.807, 2.05) is 6.08 Å². The third kappa shape index (κ3) is 1.68. The van der Waals surface area contributed by atoms with E-state index >= 15 is 0 Å². The average Bonchev–Trinajstić information content (AvgIpc) is 2.48.